The number of nitrogens with one attached hydrogen (secondary N) is 2. The van der Waals surface area contributed by atoms with E-state index in [1.807, 2.05) is 37.3 Å². The van der Waals surface area contributed by atoms with Gasteiger partial charge in [-0.25, -0.2) is 0 Å². The van der Waals surface area contributed by atoms with Crippen LogP contribution in [0, 0.1) is 0 Å². The summed E-state index contributed by atoms with van der Waals surface area (Å²) in [6, 6.07) is 9.62. The van der Waals surface area contributed by atoms with Gasteiger partial charge >= 0.3 is 0 Å². The van der Waals surface area contributed by atoms with Crippen LogP contribution >= 0.6 is 0 Å². The van der Waals surface area contributed by atoms with Crippen LogP contribution in [0.15, 0.2) is 60.2 Å². The fourth-order valence-electron chi connectivity index (χ4n) is 2.57. The Morgan fingerprint density at radius 1 is 1.07 bits per heavy atom. The molecule has 6 nitrogen and oxygen atoms in total. The summed E-state index contributed by atoms with van der Waals surface area (Å²) in [4.78, 5) is 37.5. The lowest BCUT2D eigenvalue weighted by Crippen LogP contribution is -2.35. The fourth-order valence-corrected chi connectivity index (χ4v) is 2.57. The van der Waals surface area contributed by atoms with E-state index in [0.717, 1.165) is 18.4 Å². The molecular weight excluding hydrogens is 342 g/mol. The van der Waals surface area contributed by atoms with Gasteiger partial charge in [0.05, 0.1) is 0 Å². The zero-order valence-corrected chi connectivity index (χ0v) is 15.5. The molecule has 2 amide bonds. The second kappa shape index (κ2) is 10.1. The van der Waals surface area contributed by atoms with E-state index in [1.54, 1.807) is 4.57 Å². The van der Waals surface area contributed by atoms with Crippen LogP contribution in [0.2, 0.25) is 0 Å². The van der Waals surface area contributed by atoms with Gasteiger partial charge in [-0.3, -0.25) is 14.4 Å². The molecule has 2 rings (SSSR count). The molecule has 6 heteroatoms. The Hall–Kier alpha value is -3.15. The maximum atomic E-state index is 12.7. The maximum absolute atomic E-state index is 12.7. The molecule has 1 heterocycles. The van der Waals surface area contributed by atoms with Crippen LogP contribution in [-0.2, 0) is 6.54 Å². The highest BCUT2D eigenvalue weighted by molar-refractivity contribution is 5.99. The molecule has 2 aromatic rings. The van der Waals surface area contributed by atoms with Crippen LogP contribution in [0.1, 0.15) is 46.0 Å². The number of unbranched alkanes of at least 4 members (excludes halogenated alkanes) is 1. The molecule has 0 spiro atoms. The summed E-state index contributed by atoms with van der Waals surface area (Å²) < 4.78 is 1.69. The molecule has 1 aromatic heterocycles. The number of nitrogens with zero attached hydrogens (tertiary/aromatic N) is 1. The molecule has 0 aliphatic heterocycles. The van der Waals surface area contributed by atoms with Crippen molar-refractivity contribution in [3.63, 3.8) is 0 Å². The molecular formula is C21H25N3O3. The average Bonchev–Trinajstić information content (AvgIpc) is 2.68. The Balaban J connectivity index is 2.39. The molecule has 0 saturated carbocycles. The number of pyridine rings is 1. The lowest BCUT2D eigenvalue weighted by atomic mass is 10.1. The predicted molar refractivity (Wildman–Crippen MR) is 106 cm³/mol. The molecule has 0 radical (unpaired) electrons. The third-order valence-corrected chi connectivity index (χ3v) is 4.00. The van der Waals surface area contributed by atoms with Gasteiger partial charge in [0.2, 0.25) is 5.43 Å². The second-order valence-corrected chi connectivity index (χ2v) is 6.18. The molecule has 0 aliphatic carbocycles. The van der Waals surface area contributed by atoms with E-state index >= 15 is 0 Å². The van der Waals surface area contributed by atoms with Crippen molar-refractivity contribution in [2.24, 2.45) is 0 Å². The molecule has 142 valence electrons. The summed E-state index contributed by atoms with van der Waals surface area (Å²) >= 11 is 0. The van der Waals surface area contributed by atoms with E-state index in [-0.39, 0.29) is 17.7 Å². The molecule has 0 saturated heterocycles. The van der Waals surface area contributed by atoms with Crippen LogP contribution in [-0.4, -0.2) is 29.5 Å². The standard InChI is InChI=1S/C21H25N3O3/c1-3-5-12-23-21(27)18-15-24(13-16-9-7-6-8-10-16)14-17(19(18)25)20(26)22-11-4-2/h4,6-10,14-15H,2-3,5,11-13H2,1H3,(H,22,26)(H,23,27). The van der Waals surface area contributed by atoms with Gasteiger partial charge in [0.1, 0.15) is 11.1 Å². The van der Waals surface area contributed by atoms with Gasteiger partial charge in [-0.05, 0) is 12.0 Å². The molecule has 0 aliphatic rings. The number of benzene rings is 1. The van der Waals surface area contributed by atoms with Crippen molar-refractivity contribution in [3.05, 3.63) is 82.3 Å². The summed E-state index contributed by atoms with van der Waals surface area (Å²) in [6.07, 6.45) is 6.27. The van der Waals surface area contributed by atoms with Crippen molar-refractivity contribution in [3.8, 4) is 0 Å². The number of rotatable bonds is 9. The zero-order chi connectivity index (χ0) is 19.6. The van der Waals surface area contributed by atoms with Crippen molar-refractivity contribution in [1.29, 1.82) is 0 Å². The highest BCUT2D eigenvalue weighted by Gasteiger charge is 2.19. The number of aromatic nitrogens is 1. The highest BCUT2D eigenvalue weighted by atomic mass is 16.2. The SMILES string of the molecule is C=CCNC(=O)c1cn(Cc2ccccc2)cc(C(=O)NCCCC)c1=O. The molecule has 0 bridgehead atoms. The van der Waals surface area contributed by atoms with Gasteiger partial charge in [0, 0.05) is 32.0 Å². The minimum absolute atomic E-state index is 0.0340. The van der Waals surface area contributed by atoms with Crippen LogP contribution in [0.25, 0.3) is 0 Å². The third-order valence-electron chi connectivity index (χ3n) is 4.00. The van der Waals surface area contributed by atoms with Gasteiger partial charge in [-0.2, -0.15) is 0 Å². The third kappa shape index (κ3) is 5.67. The largest absolute Gasteiger partial charge is 0.352 e. The van der Waals surface area contributed by atoms with Gasteiger partial charge in [-0.1, -0.05) is 49.8 Å². The van der Waals surface area contributed by atoms with Crippen molar-refractivity contribution in [2.75, 3.05) is 13.1 Å². The smallest absolute Gasteiger partial charge is 0.257 e. The summed E-state index contributed by atoms with van der Waals surface area (Å²) in [5.74, 6) is -0.987. The highest BCUT2D eigenvalue weighted by Crippen LogP contribution is 2.06. The normalized spacial score (nSPS) is 10.3. The number of carbonyl (C=O) groups excluding carboxylic acids is 2. The summed E-state index contributed by atoms with van der Waals surface area (Å²) in [6.45, 7) is 6.73. The predicted octanol–water partition coefficient (Wildman–Crippen LogP) is 2.34. The van der Waals surface area contributed by atoms with Gasteiger partial charge in [-0.15, -0.1) is 6.58 Å². The minimum atomic E-state index is -0.574. The average molecular weight is 367 g/mol. The first kappa shape index (κ1) is 20.2. The Bertz CT molecular complexity index is 857. The first-order valence-electron chi connectivity index (χ1n) is 9.02. The molecule has 0 atom stereocenters. The fraction of sp³-hybridized carbons (Fsp3) is 0.286. The molecule has 1 aromatic carbocycles. The minimum Gasteiger partial charge on any atom is -0.352 e. The number of carbonyl (C=O) groups is 2. The first-order valence-corrected chi connectivity index (χ1v) is 9.02. The van der Waals surface area contributed by atoms with Crippen molar-refractivity contribution in [1.82, 2.24) is 15.2 Å². The Morgan fingerprint density at radius 2 is 1.70 bits per heavy atom. The van der Waals surface area contributed by atoms with E-state index in [4.69, 9.17) is 0 Å². The van der Waals surface area contributed by atoms with Crippen LogP contribution in [0.3, 0.4) is 0 Å². The lowest BCUT2D eigenvalue weighted by Gasteiger charge is -2.12. The lowest BCUT2D eigenvalue weighted by molar-refractivity contribution is 0.0951. The van der Waals surface area contributed by atoms with Gasteiger partial charge < -0.3 is 15.2 Å². The van der Waals surface area contributed by atoms with Crippen LogP contribution < -0.4 is 16.1 Å². The van der Waals surface area contributed by atoms with Gasteiger partial charge in [0.25, 0.3) is 11.8 Å². The first-order chi connectivity index (χ1) is 13.1. The Labute approximate surface area is 158 Å². The van der Waals surface area contributed by atoms with Crippen LogP contribution in [0.5, 0.6) is 0 Å². The van der Waals surface area contributed by atoms with E-state index < -0.39 is 17.2 Å². The van der Waals surface area contributed by atoms with Crippen molar-refractivity contribution < 1.29 is 9.59 Å². The van der Waals surface area contributed by atoms with Gasteiger partial charge in [0.15, 0.2) is 0 Å². The van der Waals surface area contributed by atoms with E-state index in [1.165, 1.54) is 18.5 Å². The van der Waals surface area contributed by atoms with E-state index in [9.17, 15) is 14.4 Å². The molecule has 0 fully saturated rings. The van der Waals surface area contributed by atoms with E-state index in [0.29, 0.717) is 13.1 Å². The molecule has 2 N–H and O–H groups in total. The van der Waals surface area contributed by atoms with E-state index in [2.05, 4.69) is 17.2 Å². The number of hydrogen-bond donors (Lipinski definition) is 2. The van der Waals surface area contributed by atoms with Crippen molar-refractivity contribution in [2.45, 2.75) is 26.3 Å². The monoisotopic (exact) mass is 367 g/mol. The Kier molecular flexibility index (Phi) is 7.55. The van der Waals surface area contributed by atoms with Crippen LogP contribution in [0.4, 0.5) is 0 Å². The Morgan fingerprint density at radius 3 is 2.30 bits per heavy atom. The molecule has 27 heavy (non-hydrogen) atoms. The van der Waals surface area contributed by atoms with Crippen molar-refractivity contribution >= 4 is 11.8 Å². The quantitative estimate of drug-likeness (QED) is 0.527. The summed E-state index contributed by atoms with van der Waals surface area (Å²) in [7, 11) is 0. The second-order valence-electron chi connectivity index (χ2n) is 6.18. The molecule has 0 unspecified atom stereocenters. The number of hydrogen-bond acceptors (Lipinski definition) is 3. The topological polar surface area (TPSA) is 80.2 Å². The summed E-state index contributed by atoms with van der Waals surface area (Å²) in [5, 5.41) is 5.34. The number of amides is 2. The zero-order valence-electron chi connectivity index (χ0n) is 15.5. The maximum Gasteiger partial charge on any atom is 0.257 e. The summed E-state index contributed by atoms with van der Waals surface area (Å²) in [5.41, 5.74) is 0.329.